The molecule has 0 aliphatic rings. The number of hydrogen-bond acceptors (Lipinski definition) is 3. The van der Waals surface area contributed by atoms with Crippen LogP contribution >= 0.6 is 11.3 Å². The fourth-order valence-corrected chi connectivity index (χ4v) is 3.58. The summed E-state index contributed by atoms with van der Waals surface area (Å²) < 4.78 is 14.7. The molecule has 0 fully saturated rings. The van der Waals surface area contributed by atoms with E-state index >= 15 is 0 Å². The SMILES string of the molecule is O=C(NCCc1ccc(F)cc1)c1cc(-c2cccs2)c2cccn2n1. The average Bonchev–Trinajstić information content (AvgIpc) is 3.34. The predicted molar refractivity (Wildman–Crippen MR) is 101 cm³/mol. The molecule has 0 aliphatic heterocycles. The molecule has 0 bridgehead atoms. The van der Waals surface area contributed by atoms with E-state index in [4.69, 9.17) is 0 Å². The summed E-state index contributed by atoms with van der Waals surface area (Å²) in [5.74, 6) is -0.483. The molecule has 4 aromatic rings. The van der Waals surface area contributed by atoms with Crippen molar-refractivity contribution in [3.05, 3.63) is 83.2 Å². The molecule has 3 heterocycles. The van der Waals surface area contributed by atoms with Crippen molar-refractivity contribution in [3.8, 4) is 10.4 Å². The standard InChI is InChI=1S/C20H16FN3OS/c21-15-7-5-14(6-8-15)9-10-22-20(25)17-13-16(19-4-2-12-26-19)18-3-1-11-24(18)23-17/h1-8,11-13H,9-10H2,(H,22,25). The summed E-state index contributed by atoms with van der Waals surface area (Å²) in [5.41, 5.74) is 3.30. The van der Waals surface area contributed by atoms with E-state index in [0.29, 0.717) is 18.7 Å². The van der Waals surface area contributed by atoms with E-state index in [1.807, 2.05) is 41.9 Å². The van der Waals surface area contributed by atoms with Crippen LogP contribution in [0.25, 0.3) is 16.0 Å². The molecular formula is C20H16FN3OS. The predicted octanol–water partition coefficient (Wildman–Crippen LogP) is 4.17. The number of thiophene rings is 1. The van der Waals surface area contributed by atoms with Crippen LogP contribution < -0.4 is 5.32 Å². The van der Waals surface area contributed by atoms with Gasteiger partial charge in [-0.05, 0) is 53.8 Å². The average molecular weight is 365 g/mol. The number of carbonyl (C=O) groups excluding carboxylic acids is 1. The van der Waals surface area contributed by atoms with Crippen molar-refractivity contribution in [1.82, 2.24) is 14.9 Å². The number of halogens is 1. The van der Waals surface area contributed by atoms with Crippen molar-refractivity contribution in [2.24, 2.45) is 0 Å². The molecule has 3 aromatic heterocycles. The molecule has 26 heavy (non-hydrogen) atoms. The van der Waals surface area contributed by atoms with Crippen LogP contribution in [0.15, 0.2) is 66.2 Å². The first-order valence-corrected chi connectivity index (χ1v) is 9.13. The molecule has 0 unspecified atom stereocenters. The maximum atomic E-state index is 12.9. The van der Waals surface area contributed by atoms with Gasteiger partial charge in [0.15, 0.2) is 0 Å². The first kappa shape index (κ1) is 16.5. The molecule has 0 radical (unpaired) electrons. The van der Waals surface area contributed by atoms with Gasteiger partial charge in [-0.2, -0.15) is 5.10 Å². The van der Waals surface area contributed by atoms with Gasteiger partial charge in [0.05, 0.1) is 5.52 Å². The smallest absolute Gasteiger partial charge is 0.271 e. The number of carbonyl (C=O) groups is 1. The monoisotopic (exact) mass is 365 g/mol. The van der Waals surface area contributed by atoms with Crippen molar-refractivity contribution in [3.63, 3.8) is 0 Å². The van der Waals surface area contributed by atoms with Gasteiger partial charge >= 0.3 is 0 Å². The molecule has 6 heteroatoms. The Kier molecular flexibility index (Phi) is 4.50. The molecule has 0 saturated carbocycles. The minimum atomic E-state index is -0.261. The lowest BCUT2D eigenvalue weighted by molar-refractivity contribution is 0.0948. The van der Waals surface area contributed by atoms with Gasteiger partial charge in [0.2, 0.25) is 0 Å². The second-order valence-electron chi connectivity index (χ2n) is 5.89. The van der Waals surface area contributed by atoms with E-state index in [0.717, 1.165) is 21.5 Å². The minimum absolute atomic E-state index is 0.222. The normalized spacial score (nSPS) is 11.0. The maximum absolute atomic E-state index is 12.9. The summed E-state index contributed by atoms with van der Waals surface area (Å²) in [6, 6.07) is 16.0. The Labute approximate surface area is 153 Å². The Morgan fingerprint density at radius 3 is 2.77 bits per heavy atom. The zero-order valence-corrected chi connectivity index (χ0v) is 14.7. The lowest BCUT2D eigenvalue weighted by Crippen LogP contribution is -2.27. The Balaban J connectivity index is 1.52. The molecule has 4 rings (SSSR count). The van der Waals surface area contributed by atoms with Crippen molar-refractivity contribution < 1.29 is 9.18 Å². The third-order valence-electron chi connectivity index (χ3n) is 4.13. The van der Waals surface area contributed by atoms with Crippen LogP contribution in [0.1, 0.15) is 16.1 Å². The van der Waals surface area contributed by atoms with Crippen LogP contribution in [0.4, 0.5) is 4.39 Å². The number of nitrogens with one attached hydrogen (secondary N) is 1. The van der Waals surface area contributed by atoms with Gasteiger partial charge < -0.3 is 5.32 Å². The zero-order valence-electron chi connectivity index (χ0n) is 13.9. The maximum Gasteiger partial charge on any atom is 0.271 e. The van der Waals surface area contributed by atoms with Gasteiger partial charge in [-0.1, -0.05) is 18.2 Å². The summed E-state index contributed by atoms with van der Waals surface area (Å²) in [4.78, 5) is 13.6. The van der Waals surface area contributed by atoms with E-state index in [-0.39, 0.29) is 11.7 Å². The summed E-state index contributed by atoms with van der Waals surface area (Å²) >= 11 is 1.63. The van der Waals surface area contributed by atoms with Crippen molar-refractivity contribution in [1.29, 1.82) is 0 Å². The van der Waals surface area contributed by atoms with Gasteiger partial charge in [0.25, 0.3) is 5.91 Å². The van der Waals surface area contributed by atoms with Gasteiger partial charge in [0, 0.05) is 23.2 Å². The number of fused-ring (bicyclic) bond motifs is 1. The quantitative estimate of drug-likeness (QED) is 0.577. The molecule has 1 aromatic carbocycles. The van der Waals surface area contributed by atoms with E-state index in [9.17, 15) is 9.18 Å². The molecular weight excluding hydrogens is 349 g/mol. The minimum Gasteiger partial charge on any atom is -0.350 e. The number of hydrogen-bond donors (Lipinski definition) is 1. The van der Waals surface area contributed by atoms with Crippen molar-refractivity contribution >= 4 is 22.8 Å². The molecule has 130 valence electrons. The van der Waals surface area contributed by atoms with Crippen LogP contribution in [-0.4, -0.2) is 22.1 Å². The number of benzene rings is 1. The molecule has 4 nitrogen and oxygen atoms in total. The Hall–Kier alpha value is -2.99. The highest BCUT2D eigenvalue weighted by molar-refractivity contribution is 7.13. The molecule has 0 spiro atoms. The number of rotatable bonds is 5. The Morgan fingerprint density at radius 2 is 2.00 bits per heavy atom. The number of aromatic nitrogens is 2. The fraction of sp³-hybridized carbons (Fsp3) is 0.100. The third-order valence-corrected chi connectivity index (χ3v) is 5.04. The first-order chi connectivity index (χ1) is 12.7. The van der Waals surface area contributed by atoms with Crippen molar-refractivity contribution in [2.75, 3.05) is 6.54 Å². The zero-order chi connectivity index (χ0) is 17.9. The second-order valence-corrected chi connectivity index (χ2v) is 6.84. The largest absolute Gasteiger partial charge is 0.350 e. The number of amides is 1. The van der Waals surface area contributed by atoms with Crippen LogP contribution in [0.3, 0.4) is 0 Å². The first-order valence-electron chi connectivity index (χ1n) is 8.25. The molecule has 0 saturated heterocycles. The highest BCUT2D eigenvalue weighted by atomic mass is 32.1. The fourth-order valence-electron chi connectivity index (χ4n) is 2.83. The highest BCUT2D eigenvalue weighted by Gasteiger charge is 2.13. The van der Waals surface area contributed by atoms with Crippen LogP contribution in [0.2, 0.25) is 0 Å². The lowest BCUT2D eigenvalue weighted by atomic mass is 10.1. The van der Waals surface area contributed by atoms with Crippen molar-refractivity contribution in [2.45, 2.75) is 6.42 Å². The summed E-state index contributed by atoms with van der Waals surface area (Å²) in [6.07, 6.45) is 2.47. The molecule has 0 aliphatic carbocycles. The third kappa shape index (κ3) is 3.36. The van der Waals surface area contributed by atoms with E-state index in [2.05, 4.69) is 10.4 Å². The van der Waals surface area contributed by atoms with Gasteiger partial charge in [0.1, 0.15) is 11.5 Å². The van der Waals surface area contributed by atoms with Crippen LogP contribution in [0, 0.1) is 5.82 Å². The molecule has 1 amide bonds. The molecule has 0 atom stereocenters. The summed E-state index contributed by atoms with van der Waals surface area (Å²) in [7, 11) is 0. The van der Waals surface area contributed by atoms with Crippen LogP contribution in [0.5, 0.6) is 0 Å². The Morgan fingerprint density at radius 1 is 1.15 bits per heavy atom. The van der Waals surface area contributed by atoms with Gasteiger partial charge in [-0.15, -0.1) is 11.3 Å². The van der Waals surface area contributed by atoms with E-state index < -0.39 is 0 Å². The summed E-state index contributed by atoms with van der Waals surface area (Å²) in [5, 5.41) is 9.30. The van der Waals surface area contributed by atoms with E-state index in [1.54, 1.807) is 28.0 Å². The van der Waals surface area contributed by atoms with Gasteiger partial charge in [-0.25, -0.2) is 8.91 Å². The van der Waals surface area contributed by atoms with E-state index in [1.165, 1.54) is 12.1 Å². The van der Waals surface area contributed by atoms with Gasteiger partial charge in [-0.3, -0.25) is 4.79 Å². The highest BCUT2D eigenvalue weighted by Crippen LogP contribution is 2.29. The number of nitrogens with zero attached hydrogens (tertiary/aromatic N) is 2. The summed E-state index contributed by atoms with van der Waals surface area (Å²) in [6.45, 7) is 0.462. The second kappa shape index (κ2) is 7.09. The topological polar surface area (TPSA) is 46.4 Å². The lowest BCUT2D eigenvalue weighted by Gasteiger charge is -2.08. The Bertz CT molecular complexity index is 1040. The van der Waals surface area contributed by atoms with Crippen LogP contribution in [-0.2, 0) is 6.42 Å². The molecule has 1 N–H and O–H groups in total.